The Morgan fingerprint density at radius 3 is 1.92 bits per heavy atom. The van der Waals surface area contributed by atoms with E-state index in [1.807, 2.05) is 31.2 Å². The zero-order valence-electron chi connectivity index (χ0n) is 7.20. The summed E-state index contributed by atoms with van der Waals surface area (Å²) in [5, 5.41) is 0. The molecule has 0 radical (unpaired) electrons. The van der Waals surface area contributed by atoms with Gasteiger partial charge in [0.1, 0.15) is 0 Å². The van der Waals surface area contributed by atoms with Crippen molar-refractivity contribution in [2.24, 2.45) is 0 Å². The zero-order valence-corrected chi connectivity index (χ0v) is 11.8. The van der Waals surface area contributed by atoms with E-state index in [-0.39, 0.29) is 0 Å². The Kier molecular flexibility index (Phi) is 8.38. The Labute approximate surface area is 97.7 Å². The zero-order chi connectivity index (χ0) is 10.3. The van der Waals surface area contributed by atoms with Crippen LogP contribution in [-0.2, 0) is 27.3 Å². The predicted octanol–water partition coefficient (Wildman–Crippen LogP) is 3.11. The van der Waals surface area contributed by atoms with E-state index < -0.39 is 27.3 Å². The monoisotopic (exact) mass is 419 g/mol. The number of hydrogen-bond donors (Lipinski definition) is 0. The first-order chi connectivity index (χ1) is 6.11. The minimum absolute atomic E-state index is 0.472. The first-order valence-corrected chi connectivity index (χ1v) is 10.5. The molecule has 13 heavy (non-hydrogen) atoms. The molecular formula is C8H10Cl2OPtS. The van der Waals surface area contributed by atoms with E-state index >= 15 is 0 Å². The third kappa shape index (κ3) is 6.68. The second-order valence-corrected chi connectivity index (χ2v) is 6.97. The summed E-state index contributed by atoms with van der Waals surface area (Å²) in [7, 11) is 8.91. The van der Waals surface area contributed by atoms with E-state index in [0.29, 0.717) is 0 Å². The van der Waals surface area contributed by atoms with E-state index in [2.05, 4.69) is 0 Å². The first-order valence-electron chi connectivity index (χ1n) is 3.34. The van der Waals surface area contributed by atoms with Crippen LogP contribution in [0.25, 0.3) is 0 Å². The molecule has 0 saturated heterocycles. The molecule has 1 nitrogen and oxygen atoms in total. The summed E-state index contributed by atoms with van der Waals surface area (Å²) in [4.78, 5) is 0.894. The van der Waals surface area contributed by atoms with E-state index in [9.17, 15) is 4.21 Å². The molecule has 0 heterocycles. The van der Waals surface area contributed by atoms with Crippen molar-refractivity contribution in [3.05, 3.63) is 29.8 Å². The Balaban J connectivity index is 0.000000424. The molecule has 0 aliphatic heterocycles. The van der Waals surface area contributed by atoms with Crippen molar-refractivity contribution in [3.63, 3.8) is 0 Å². The molecule has 0 saturated carbocycles. The van der Waals surface area contributed by atoms with Crippen LogP contribution < -0.4 is 0 Å². The van der Waals surface area contributed by atoms with Gasteiger partial charge in [0, 0.05) is 22.0 Å². The van der Waals surface area contributed by atoms with Crippen molar-refractivity contribution < 1.29 is 20.7 Å². The van der Waals surface area contributed by atoms with Crippen molar-refractivity contribution >= 4 is 29.6 Å². The van der Waals surface area contributed by atoms with Gasteiger partial charge in [-0.1, -0.05) is 17.7 Å². The molecule has 0 N–H and O–H groups in total. The fourth-order valence-corrected chi connectivity index (χ4v) is 1.25. The fraction of sp³-hybridized carbons (Fsp3) is 0.250. The van der Waals surface area contributed by atoms with Crippen molar-refractivity contribution in [3.8, 4) is 0 Å². The summed E-state index contributed by atoms with van der Waals surface area (Å²) < 4.78 is 10.9. The molecular weight excluding hydrogens is 410 g/mol. The van der Waals surface area contributed by atoms with Gasteiger partial charge in [-0.15, -0.1) is 0 Å². The number of aryl methyl sites for hydroxylation is 1. The molecule has 1 atom stereocenters. The van der Waals surface area contributed by atoms with E-state index in [1.54, 1.807) is 6.26 Å². The van der Waals surface area contributed by atoms with Crippen LogP contribution in [0.2, 0.25) is 0 Å². The number of rotatable bonds is 1. The molecule has 0 amide bonds. The maximum absolute atomic E-state index is 10.9. The van der Waals surface area contributed by atoms with Gasteiger partial charge in [0.15, 0.2) is 0 Å². The molecule has 0 aromatic heterocycles. The molecule has 0 aliphatic carbocycles. The Bertz CT molecular complexity index is 263. The molecule has 78 valence electrons. The molecule has 1 rings (SSSR count). The summed E-state index contributed by atoms with van der Waals surface area (Å²) in [6.07, 6.45) is 1.69. The summed E-state index contributed by atoms with van der Waals surface area (Å²) in [6.45, 7) is 2.02. The van der Waals surface area contributed by atoms with Crippen molar-refractivity contribution in [2.45, 2.75) is 11.8 Å². The number of halogens is 2. The van der Waals surface area contributed by atoms with E-state index in [4.69, 9.17) is 18.8 Å². The van der Waals surface area contributed by atoms with Gasteiger partial charge in [0.25, 0.3) is 0 Å². The van der Waals surface area contributed by atoms with E-state index in [1.165, 1.54) is 5.56 Å². The standard InChI is InChI=1S/C8H10OS.2ClH.Pt/c1-7-3-5-8(6-4-7)10(2)9;;;/h3-6H,1-2H3;2*1H;/q;;;+2/p-2/t10-;;;/m0.../s1. The summed E-state index contributed by atoms with van der Waals surface area (Å²) >= 11 is -0.472. The molecule has 0 bridgehead atoms. The second kappa shape index (κ2) is 7.99. The van der Waals surface area contributed by atoms with Crippen LogP contribution in [0.5, 0.6) is 0 Å². The van der Waals surface area contributed by atoms with Gasteiger partial charge in [0.05, 0.1) is 0 Å². The van der Waals surface area contributed by atoms with Crippen LogP contribution in [0.4, 0.5) is 0 Å². The van der Waals surface area contributed by atoms with Crippen molar-refractivity contribution in [2.75, 3.05) is 6.26 Å². The number of benzene rings is 1. The average molecular weight is 420 g/mol. The quantitative estimate of drug-likeness (QED) is 0.683. The third-order valence-corrected chi connectivity index (χ3v) is 2.29. The average Bonchev–Trinajstić information content (AvgIpc) is 2.06. The Morgan fingerprint density at radius 1 is 1.23 bits per heavy atom. The number of hydrogen-bond acceptors (Lipinski definition) is 1. The molecule has 0 fully saturated rings. The van der Waals surface area contributed by atoms with Gasteiger partial charge in [-0.05, 0) is 19.1 Å². The minimum atomic E-state index is -0.837. The maximum atomic E-state index is 10.9. The molecule has 5 heteroatoms. The predicted molar refractivity (Wildman–Crippen MR) is 55.2 cm³/mol. The summed E-state index contributed by atoms with van der Waals surface area (Å²) in [5.41, 5.74) is 1.20. The normalized spacial score (nSPS) is 11.7. The fourth-order valence-electron chi connectivity index (χ4n) is 0.730. The third-order valence-electron chi connectivity index (χ3n) is 1.35. The Morgan fingerprint density at radius 2 is 1.62 bits per heavy atom. The van der Waals surface area contributed by atoms with Crippen LogP contribution in [-0.4, -0.2) is 10.5 Å². The second-order valence-electron chi connectivity index (χ2n) is 2.31. The van der Waals surface area contributed by atoms with Gasteiger partial charge in [-0.25, -0.2) is 0 Å². The molecule has 0 aliphatic rings. The van der Waals surface area contributed by atoms with Gasteiger partial charge < -0.3 is 0 Å². The molecule has 1 aromatic carbocycles. The van der Waals surface area contributed by atoms with Crippen LogP contribution in [0.1, 0.15) is 5.56 Å². The van der Waals surface area contributed by atoms with Gasteiger partial charge in [-0.3, -0.25) is 4.21 Å². The van der Waals surface area contributed by atoms with Crippen LogP contribution in [0.15, 0.2) is 29.2 Å². The van der Waals surface area contributed by atoms with Crippen LogP contribution in [0.3, 0.4) is 0 Å². The van der Waals surface area contributed by atoms with Crippen LogP contribution >= 0.6 is 18.8 Å². The SMILES string of the molecule is Cc1ccc([S@](C)=O)cc1.[Cl][Pt][Cl]. The first kappa shape index (κ1) is 13.6. The summed E-state index contributed by atoms with van der Waals surface area (Å²) in [6, 6.07) is 7.73. The van der Waals surface area contributed by atoms with Gasteiger partial charge in [0.2, 0.25) is 0 Å². The molecule has 0 unspecified atom stereocenters. The summed E-state index contributed by atoms with van der Waals surface area (Å²) in [5.74, 6) is 0. The van der Waals surface area contributed by atoms with Gasteiger partial charge in [-0.2, -0.15) is 0 Å². The molecule has 1 aromatic rings. The van der Waals surface area contributed by atoms with Gasteiger partial charge >= 0.3 is 35.3 Å². The van der Waals surface area contributed by atoms with Crippen LogP contribution in [0, 0.1) is 6.92 Å². The van der Waals surface area contributed by atoms with Crippen molar-refractivity contribution in [1.29, 1.82) is 0 Å². The van der Waals surface area contributed by atoms with Crippen molar-refractivity contribution in [1.82, 2.24) is 0 Å². The van der Waals surface area contributed by atoms with E-state index in [0.717, 1.165) is 4.90 Å². The Hall–Kier alpha value is 0.638. The molecule has 0 spiro atoms. The topological polar surface area (TPSA) is 17.1 Å².